The zero-order chi connectivity index (χ0) is 36.1. The predicted octanol–water partition coefficient (Wildman–Crippen LogP) is 6.37. The average Bonchev–Trinajstić information content (AvgIpc) is 3.14. The fourth-order valence-electron chi connectivity index (χ4n) is 6.83. The third-order valence-electron chi connectivity index (χ3n) is 9.38. The van der Waals surface area contributed by atoms with Crippen molar-refractivity contribution in [3.8, 4) is 5.75 Å². The zero-order valence-electron chi connectivity index (χ0n) is 30.5. The third-order valence-corrected chi connectivity index (χ3v) is 11.9. The van der Waals surface area contributed by atoms with Gasteiger partial charge < -0.3 is 24.9 Å². The van der Waals surface area contributed by atoms with Crippen molar-refractivity contribution < 1.29 is 23.0 Å². The monoisotopic (exact) mass is 719 g/mol. The summed E-state index contributed by atoms with van der Waals surface area (Å²) in [7, 11) is -0.901. The molecule has 3 fully saturated rings. The first kappa shape index (κ1) is 40.9. The van der Waals surface area contributed by atoms with Crippen LogP contribution in [0.4, 0.5) is 10.1 Å². The minimum absolute atomic E-state index is 0.0739. The number of aliphatic hydroxyl groups excluding tert-OH is 1. The Hall–Kier alpha value is -2.48. The molecular weight excluding hydrogens is 662 g/mol. The Bertz CT molecular complexity index is 1550. The first-order chi connectivity index (χ1) is 23.7. The van der Waals surface area contributed by atoms with Crippen LogP contribution in [0, 0.1) is 5.82 Å². The molecule has 0 spiro atoms. The highest BCUT2D eigenvalue weighted by atomic mass is 32.2. The second kappa shape index (κ2) is 19.8. The number of piperazine rings is 1. The lowest BCUT2D eigenvalue weighted by Gasteiger charge is -2.46. The van der Waals surface area contributed by atoms with Gasteiger partial charge in [-0.2, -0.15) is 0 Å². The Balaban J connectivity index is 0.000000867. The van der Waals surface area contributed by atoms with E-state index < -0.39 is 21.4 Å². The van der Waals surface area contributed by atoms with Gasteiger partial charge in [0.1, 0.15) is 4.90 Å². The molecule has 0 bridgehead atoms. The summed E-state index contributed by atoms with van der Waals surface area (Å²) in [5.74, 6) is -1.54. The lowest BCUT2D eigenvalue weighted by atomic mass is 9.96. The first-order valence-corrected chi connectivity index (χ1v) is 20.4. The zero-order valence-corrected chi connectivity index (χ0v) is 32.2. The van der Waals surface area contributed by atoms with E-state index in [0.29, 0.717) is 17.8 Å². The highest BCUT2D eigenvalue weighted by Crippen LogP contribution is 2.39. The molecule has 2 aromatic carbocycles. The van der Waals surface area contributed by atoms with Crippen LogP contribution >= 0.6 is 11.8 Å². The summed E-state index contributed by atoms with van der Waals surface area (Å²) in [5, 5.41) is 17.4. The molecule has 4 heterocycles. The van der Waals surface area contributed by atoms with Gasteiger partial charge in [-0.05, 0) is 88.5 Å². The fraction of sp³-hybridized carbons (Fsp3) is 0.595. The van der Waals surface area contributed by atoms with E-state index in [1.807, 2.05) is 38.3 Å². The maximum atomic E-state index is 14.2. The number of benzene rings is 2. The fourth-order valence-corrected chi connectivity index (χ4v) is 8.71. The summed E-state index contributed by atoms with van der Waals surface area (Å²) in [6, 6.07) is 10.3. The van der Waals surface area contributed by atoms with E-state index in [1.165, 1.54) is 44.6 Å². The van der Waals surface area contributed by atoms with E-state index in [0.717, 1.165) is 87.2 Å². The van der Waals surface area contributed by atoms with Gasteiger partial charge in [0.05, 0.1) is 16.1 Å². The van der Waals surface area contributed by atoms with Crippen molar-refractivity contribution in [1.29, 1.82) is 0 Å². The molecule has 9 nitrogen and oxygen atoms in total. The Morgan fingerprint density at radius 3 is 1.96 bits per heavy atom. The predicted molar refractivity (Wildman–Crippen MR) is 201 cm³/mol. The molecule has 0 aliphatic carbocycles. The lowest BCUT2D eigenvalue weighted by Crippen LogP contribution is -2.54. The molecule has 3 aromatic rings. The quantitative estimate of drug-likeness (QED) is 0.280. The number of rotatable bonds is 6. The minimum Gasteiger partial charge on any atom is -0.505 e. The van der Waals surface area contributed by atoms with Gasteiger partial charge in [-0.25, -0.2) is 12.8 Å². The third kappa shape index (κ3) is 10.1. The number of phenolic OH excluding ortho intramolecular Hbond substituents is 1. The summed E-state index contributed by atoms with van der Waals surface area (Å²) >= 11 is 1.60. The molecule has 12 heteroatoms. The summed E-state index contributed by atoms with van der Waals surface area (Å²) in [6.07, 6.45) is 8.99. The van der Waals surface area contributed by atoms with Crippen molar-refractivity contribution in [3.63, 3.8) is 0 Å². The van der Waals surface area contributed by atoms with Crippen LogP contribution in [0.2, 0.25) is 0 Å². The molecule has 0 unspecified atom stereocenters. The number of likely N-dealkylation sites (tertiary alicyclic amines) is 1. The van der Waals surface area contributed by atoms with Crippen LogP contribution in [0.1, 0.15) is 59.8 Å². The molecule has 3 saturated heterocycles. The van der Waals surface area contributed by atoms with Crippen LogP contribution in [-0.2, 0) is 9.84 Å². The van der Waals surface area contributed by atoms with Crippen LogP contribution in [0.15, 0.2) is 57.3 Å². The van der Waals surface area contributed by atoms with Crippen molar-refractivity contribution in [2.24, 2.45) is 0 Å². The number of pyridine rings is 1. The Labute approximate surface area is 298 Å². The van der Waals surface area contributed by atoms with Crippen LogP contribution in [0.5, 0.6) is 5.75 Å². The number of thioether (sulfide) groups is 1. The van der Waals surface area contributed by atoms with E-state index in [9.17, 15) is 17.9 Å². The van der Waals surface area contributed by atoms with Crippen LogP contribution in [0.3, 0.4) is 0 Å². The standard InChI is InChI=1S/C31H40FN5O3S2.C3H8.C2H6.CH4O/c1-34-15-17-36(18-16-34)23-7-11-35(12-8-23)22-9-13-37(14-10-22)31-26-19-24(41-2)3-5-28(26)33-21-30(31)42(39,40)25-4-6-29(38)27(32)20-25;1-3-2;2*1-2/h3-6,19-23,38H,7-18H2,1-2H3;3H2,1-2H3;1-2H3;2H,1H3. The normalized spacial score (nSPS) is 18.5. The number of hydrogen-bond acceptors (Lipinski definition) is 10. The van der Waals surface area contributed by atoms with E-state index >= 15 is 0 Å². The Kier molecular flexibility index (Phi) is 16.5. The largest absolute Gasteiger partial charge is 0.505 e. The highest BCUT2D eigenvalue weighted by Gasteiger charge is 2.34. The molecule has 1 aromatic heterocycles. The summed E-state index contributed by atoms with van der Waals surface area (Å²) in [6.45, 7) is 16.6. The number of aromatic nitrogens is 1. The molecule has 6 rings (SSSR count). The topological polar surface area (TPSA) is 100 Å². The summed E-state index contributed by atoms with van der Waals surface area (Å²) in [5.41, 5.74) is 1.36. The first-order valence-electron chi connectivity index (χ1n) is 17.7. The Morgan fingerprint density at radius 2 is 1.41 bits per heavy atom. The van der Waals surface area contributed by atoms with Crippen molar-refractivity contribution >= 4 is 38.2 Å². The van der Waals surface area contributed by atoms with E-state index in [2.05, 4.69) is 45.5 Å². The average molecular weight is 720 g/mol. The maximum Gasteiger partial charge on any atom is 0.210 e. The number of piperidine rings is 2. The van der Waals surface area contributed by atoms with Crippen LogP contribution < -0.4 is 4.90 Å². The summed E-state index contributed by atoms with van der Waals surface area (Å²) < 4.78 is 42.1. The number of hydrogen-bond donors (Lipinski definition) is 2. The molecule has 3 aliphatic rings. The van der Waals surface area contributed by atoms with Crippen molar-refractivity contribution in [3.05, 3.63) is 48.4 Å². The summed E-state index contributed by atoms with van der Waals surface area (Å²) in [4.78, 5) is 15.3. The van der Waals surface area contributed by atoms with Gasteiger partial charge >= 0.3 is 0 Å². The van der Waals surface area contributed by atoms with Gasteiger partial charge in [0.2, 0.25) is 9.84 Å². The molecule has 0 radical (unpaired) electrons. The number of likely N-dealkylation sites (N-methyl/N-ethyl adjacent to an activating group) is 1. The number of fused-ring (bicyclic) bond motifs is 1. The van der Waals surface area contributed by atoms with Gasteiger partial charge in [0, 0.05) is 74.9 Å². The second-order valence-corrected chi connectivity index (χ2v) is 15.3. The van der Waals surface area contributed by atoms with E-state index in [4.69, 9.17) is 5.11 Å². The number of aliphatic hydroxyl groups is 1. The molecule has 0 saturated carbocycles. The number of nitrogens with zero attached hydrogens (tertiary/aromatic N) is 5. The van der Waals surface area contributed by atoms with Crippen molar-refractivity contribution in [2.45, 2.75) is 86.6 Å². The molecule has 274 valence electrons. The second-order valence-electron chi connectivity index (χ2n) is 12.5. The van der Waals surface area contributed by atoms with E-state index in [-0.39, 0.29) is 9.79 Å². The van der Waals surface area contributed by atoms with Gasteiger partial charge in [0.25, 0.3) is 0 Å². The van der Waals surface area contributed by atoms with Crippen LogP contribution in [0.25, 0.3) is 10.9 Å². The number of aromatic hydroxyl groups is 1. The molecule has 49 heavy (non-hydrogen) atoms. The molecule has 0 atom stereocenters. The van der Waals surface area contributed by atoms with Crippen molar-refractivity contribution in [1.82, 2.24) is 19.7 Å². The minimum atomic E-state index is -4.10. The number of anilines is 1. The van der Waals surface area contributed by atoms with Gasteiger partial charge in [-0.3, -0.25) is 9.88 Å². The molecule has 0 amide bonds. The highest BCUT2D eigenvalue weighted by molar-refractivity contribution is 7.98. The number of phenols is 1. The number of sulfone groups is 1. The molecule has 2 N–H and O–H groups in total. The molecule has 3 aliphatic heterocycles. The van der Waals surface area contributed by atoms with E-state index in [1.54, 1.807) is 11.8 Å². The molecular formula is C37H58FN5O4S2. The number of halogens is 1. The SMILES string of the molecule is CC.CCC.CO.CSc1ccc2ncc(S(=O)(=O)c3ccc(O)c(F)c3)c(N3CCC(N4CCC(N5CCN(C)CC5)CC4)CC3)c2c1. The maximum absolute atomic E-state index is 14.2. The van der Waals surface area contributed by atoms with Crippen molar-refractivity contribution in [2.75, 3.05) is 77.7 Å². The Morgan fingerprint density at radius 1 is 0.857 bits per heavy atom. The lowest BCUT2D eigenvalue weighted by molar-refractivity contribution is 0.0495. The van der Waals surface area contributed by atoms with Gasteiger partial charge in [0.15, 0.2) is 11.6 Å². The van der Waals surface area contributed by atoms with Gasteiger partial charge in [-0.15, -0.1) is 11.8 Å². The van der Waals surface area contributed by atoms with Gasteiger partial charge in [-0.1, -0.05) is 34.1 Å². The smallest absolute Gasteiger partial charge is 0.210 e. The van der Waals surface area contributed by atoms with Crippen LogP contribution in [-0.4, -0.2) is 123 Å².